The molecule has 2 aromatic carbocycles. The van der Waals surface area contributed by atoms with E-state index in [1.54, 1.807) is 11.7 Å². The number of fused-ring (bicyclic) bond motifs is 1. The van der Waals surface area contributed by atoms with Crippen LogP contribution in [-0.4, -0.2) is 38.3 Å². The zero-order valence-corrected chi connectivity index (χ0v) is 20.1. The number of imidazole rings is 1. The van der Waals surface area contributed by atoms with Crippen molar-refractivity contribution < 1.29 is 9.53 Å². The lowest BCUT2D eigenvalue weighted by Gasteiger charge is -2.13. The van der Waals surface area contributed by atoms with Gasteiger partial charge >= 0.3 is 5.69 Å². The molecule has 9 heteroatoms. The summed E-state index contributed by atoms with van der Waals surface area (Å²) in [6.45, 7) is 4.75. The second-order valence-electron chi connectivity index (χ2n) is 8.67. The molecule has 0 atom stereocenters. The largest absolute Gasteiger partial charge is 0.383 e. The number of carbonyl (C=O) groups is 1. The Hall–Kier alpha value is -3.98. The van der Waals surface area contributed by atoms with Crippen LogP contribution in [0.25, 0.3) is 11.2 Å². The van der Waals surface area contributed by atoms with E-state index in [-0.39, 0.29) is 17.7 Å². The molecule has 182 valence electrons. The third-order valence-electron chi connectivity index (χ3n) is 5.87. The molecule has 4 rings (SSSR count). The third kappa shape index (κ3) is 5.25. The minimum absolute atomic E-state index is 0.218. The molecular formula is C26H29N5O4. The second kappa shape index (κ2) is 10.5. The number of carbonyl (C=O) groups excluding carboxylic acids is 1. The standard InChI is InChI=1S/C26H29N5O4/c1-18(2)20-9-11-21(12-10-20)28-22(32)16-31-25(33)23-24(27-17-29(23)13-14-35-3)30(26(31)34)15-19-7-5-4-6-8-19/h4-12,17-18H,13-16H2,1-3H3,(H,28,32). The van der Waals surface area contributed by atoms with E-state index in [9.17, 15) is 14.4 Å². The molecule has 1 amide bonds. The summed E-state index contributed by atoms with van der Waals surface area (Å²) in [6.07, 6.45) is 1.52. The van der Waals surface area contributed by atoms with E-state index in [4.69, 9.17) is 4.74 Å². The van der Waals surface area contributed by atoms with E-state index in [0.717, 1.165) is 15.7 Å². The summed E-state index contributed by atoms with van der Waals surface area (Å²) >= 11 is 0. The van der Waals surface area contributed by atoms with Crippen molar-refractivity contribution in [3.63, 3.8) is 0 Å². The minimum atomic E-state index is -0.589. The Labute approximate surface area is 202 Å². The van der Waals surface area contributed by atoms with Crippen LogP contribution >= 0.6 is 0 Å². The maximum absolute atomic E-state index is 13.4. The molecule has 9 nitrogen and oxygen atoms in total. The molecule has 0 fully saturated rings. The van der Waals surface area contributed by atoms with Gasteiger partial charge in [-0.2, -0.15) is 0 Å². The van der Waals surface area contributed by atoms with Crippen molar-refractivity contribution in [2.75, 3.05) is 19.0 Å². The van der Waals surface area contributed by atoms with Gasteiger partial charge in [-0.1, -0.05) is 56.3 Å². The molecule has 0 spiro atoms. The quantitative estimate of drug-likeness (QED) is 0.401. The number of aromatic nitrogens is 4. The molecule has 0 bridgehead atoms. The molecule has 0 saturated carbocycles. The fourth-order valence-electron chi connectivity index (χ4n) is 3.94. The smallest absolute Gasteiger partial charge is 0.333 e. The van der Waals surface area contributed by atoms with Gasteiger partial charge in [0.2, 0.25) is 5.91 Å². The molecule has 0 aliphatic carbocycles. The van der Waals surface area contributed by atoms with E-state index in [0.29, 0.717) is 24.8 Å². The predicted octanol–water partition coefficient (Wildman–Crippen LogP) is 2.82. The summed E-state index contributed by atoms with van der Waals surface area (Å²) < 4.78 is 9.20. The van der Waals surface area contributed by atoms with Crippen LogP contribution in [0, 0.1) is 0 Å². The molecular weight excluding hydrogens is 446 g/mol. The van der Waals surface area contributed by atoms with Gasteiger partial charge in [0.05, 0.1) is 19.5 Å². The Kier molecular flexibility index (Phi) is 7.26. The fourth-order valence-corrected chi connectivity index (χ4v) is 3.94. The van der Waals surface area contributed by atoms with Crippen molar-refractivity contribution in [2.45, 2.75) is 39.4 Å². The van der Waals surface area contributed by atoms with Gasteiger partial charge in [0.15, 0.2) is 11.2 Å². The first-order chi connectivity index (χ1) is 16.9. The van der Waals surface area contributed by atoms with E-state index < -0.39 is 23.7 Å². The molecule has 1 N–H and O–H groups in total. The van der Waals surface area contributed by atoms with Gasteiger partial charge in [0.1, 0.15) is 6.54 Å². The van der Waals surface area contributed by atoms with Crippen molar-refractivity contribution in [1.82, 2.24) is 18.7 Å². The maximum atomic E-state index is 13.4. The van der Waals surface area contributed by atoms with Crippen LogP contribution in [0.1, 0.15) is 30.9 Å². The van der Waals surface area contributed by atoms with E-state index >= 15 is 0 Å². The molecule has 0 radical (unpaired) electrons. The van der Waals surface area contributed by atoms with Crippen LogP contribution in [0.3, 0.4) is 0 Å². The highest BCUT2D eigenvalue weighted by Gasteiger charge is 2.20. The van der Waals surface area contributed by atoms with E-state index in [1.165, 1.54) is 10.9 Å². The number of rotatable bonds is 9. The lowest BCUT2D eigenvalue weighted by Crippen LogP contribution is -2.43. The Morgan fingerprint density at radius 3 is 2.40 bits per heavy atom. The predicted molar refractivity (Wildman–Crippen MR) is 135 cm³/mol. The maximum Gasteiger partial charge on any atom is 0.333 e. The summed E-state index contributed by atoms with van der Waals surface area (Å²) in [5.74, 6) is -0.0915. The summed E-state index contributed by atoms with van der Waals surface area (Å²) in [6, 6.07) is 16.9. The molecule has 0 unspecified atom stereocenters. The van der Waals surface area contributed by atoms with Crippen molar-refractivity contribution in [2.24, 2.45) is 0 Å². The highest BCUT2D eigenvalue weighted by Crippen LogP contribution is 2.17. The first kappa shape index (κ1) is 24.2. The van der Waals surface area contributed by atoms with E-state index in [2.05, 4.69) is 24.1 Å². The first-order valence-electron chi connectivity index (χ1n) is 11.5. The number of nitrogens with zero attached hydrogens (tertiary/aromatic N) is 4. The number of amides is 1. The number of nitrogens with one attached hydrogen (secondary N) is 1. The topological polar surface area (TPSA) is 100 Å². The number of ether oxygens (including phenoxy) is 1. The average Bonchev–Trinajstić information content (AvgIpc) is 3.28. The molecule has 0 aliphatic heterocycles. The third-order valence-corrected chi connectivity index (χ3v) is 5.87. The lowest BCUT2D eigenvalue weighted by molar-refractivity contribution is -0.116. The summed E-state index contributed by atoms with van der Waals surface area (Å²) in [5.41, 5.74) is 2.01. The number of methoxy groups -OCH3 is 1. The van der Waals surface area contributed by atoms with Crippen LogP contribution in [-0.2, 0) is 29.2 Å². The fraction of sp³-hybridized carbons (Fsp3) is 0.308. The zero-order chi connectivity index (χ0) is 24.9. The Bertz CT molecular complexity index is 1430. The van der Waals surface area contributed by atoms with Crippen molar-refractivity contribution >= 4 is 22.8 Å². The van der Waals surface area contributed by atoms with Crippen LogP contribution < -0.4 is 16.6 Å². The van der Waals surface area contributed by atoms with E-state index in [1.807, 2.05) is 54.6 Å². The summed E-state index contributed by atoms with van der Waals surface area (Å²) in [4.78, 5) is 44.0. The van der Waals surface area contributed by atoms with Gasteiger partial charge in [-0.3, -0.25) is 14.2 Å². The summed E-state index contributed by atoms with van der Waals surface area (Å²) in [5, 5.41) is 2.78. The molecule has 2 heterocycles. The Morgan fingerprint density at radius 2 is 1.74 bits per heavy atom. The van der Waals surface area contributed by atoms with Gasteiger partial charge in [0.25, 0.3) is 5.56 Å². The van der Waals surface area contributed by atoms with Crippen LogP contribution in [0.4, 0.5) is 5.69 Å². The van der Waals surface area contributed by atoms with Crippen molar-refractivity contribution in [3.8, 4) is 0 Å². The highest BCUT2D eigenvalue weighted by molar-refractivity contribution is 5.90. The van der Waals surface area contributed by atoms with Gasteiger partial charge < -0.3 is 14.6 Å². The average molecular weight is 476 g/mol. The Balaban J connectivity index is 1.72. The molecule has 0 saturated heterocycles. The van der Waals surface area contributed by atoms with Crippen molar-refractivity contribution in [3.05, 3.63) is 92.9 Å². The number of anilines is 1. The number of hydrogen-bond acceptors (Lipinski definition) is 5. The van der Waals surface area contributed by atoms with Gasteiger partial charge in [-0.15, -0.1) is 0 Å². The Morgan fingerprint density at radius 1 is 1.03 bits per heavy atom. The van der Waals surface area contributed by atoms with Gasteiger partial charge in [0, 0.05) is 19.3 Å². The molecule has 0 aliphatic rings. The number of benzene rings is 2. The molecule has 2 aromatic heterocycles. The lowest BCUT2D eigenvalue weighted by atomic mass is 10.0. The molecule has 4 aromatic rings. The van der Waals surface area contributed by atoms with Crippen LogP contribution in [0.2, 0.25) is 0 Å². The van der Waals surface area contributed by atoms with Crippen LogP contribution in [0.15, 0.2) is 70.5 Å². The van der Waals surface area contributed by atoms with Gasteiger partial charge in [-0.05, 0) is 29.2 Å². The highest BCUT2D eigenvalue weighted by atomic mass is 16.5. The SMILES string of the molecule is COCCn1cnc2c1c(=O)n(CC(=O)Nc1ccc(C(C)C)cc1)c(=O)n2Cc1ccccc1. The normalized spacial score (nSPS) is 11.3. The monoisotopic (exact) mass is 475 g/mol. The second-order valence-corrected chi connectivity index (χ2v) is 8.67. The van der Waals surface area contributed by atoms with Crippen molar-refractivity contribution in [1.29, 1.82) is 0 Å². The summed E-state index contributed by atoms with van der Waals surface area (Å²) in [7, 11) is 1.57. The minimum Gasteiger partial charge on any atom is -0.383 e. The van der Waals surface area contributed by atoms with Gasteiger partial charge in [-0.25, -0.2) is 14.3 Å². The number of hydrogen-bond donors (Lipinski definition) is 1. The molecule has 35 heavy (non-hydrogen) atoms. The first-order valence-corrected chi connectivity index (χ1v) is 11.5. The van der Waals surface area contributed by atoms with Crippen LogP contribution in [0.5, 0.6) is 0 Å². The zero-order valence-electron chi connectivity index (χ0n) is 20.1.